The molecule has 0 spiro atoms. The molecule has 2 aromatic rings. The summed E-state index contributed by atoms with van der Waals surface area (Å²) < 4.78 is 10.8. The highest BCUT2D eigenvalue weighted by Gasteiger charge is 1.97. The molecule has 0 fully saturated rings. The minimum absolute atomic E-state index is 0.809. The molecule has 0 aliphatic rings. The first-order chi connectivity index (χ1) is 10.9. The van der Waals surface area contributed by atoms with E-state index in [4.69, 9.17) is 9.47 Å². The molecule has 4 heteroatoms. The lowest BCUT2D eigenvalue weighted by Crippen LogP contribution is -2.23. The molecule has 0 amide bonds. The zero-order chi connectivity index (χ0) is 15.5. The maximum Gasteiger partial charge on any atom is 0.127 e. The minimum atomic E-state index is 0.809. The van der Waals surface area contributed by atoms with Crippen molar-refractivity contribution in [2.45, 2.75) is 6.42 Å². The van der Waals surface area contributed by atoms with Crippen molar-refractivity contribution >= 4 is 5.69 Å². The SMILES string of the molecule is COCCCNCCNc1ccc(Oc2ccccc2)cc1. The van der Waals surface area contributed by atoms with Crippen LogP contribution in [0.2, 0.25) is 0 Å². The molecule has 118 valence electrons. The summed E-state index contributed by atoms with van der Waals surface area (Å²) in [6.07, 6.45) is 1.04. The Morgan fingerprint density at radius 2 is 1.55 bits per heavy atom. The van der Waals surface area contributed by atoms with Crippen molar-refractivity contribution in [3.63, 3.8) is 0 Å². The van der Waals surface area contributed by atoms with Crippen LogP contribution in [0.15, 0.2) is 54.6 Å². The first-order valence-electron chi connectivity index (χ1n) is 7.65. The summed E-state index contributed by atoms with van der Waals surface area (Å²) >= 11 is 0. The summed E-state index contributed by atoms with van der Waals surface area (Å²) in [7, 11) is 1.73. The van der Waals surface area contributed by atoms with Gasteiger partial charge in [-0.3, -0.25) is 0 Å². The molecule has 0 radical (unpaired) electrons. The second-order valence-electron chi connectivity index (χ2n) is 4.96. The summed E-state index contributed by atoms with van der Waals surface area (Å²) in [6.45, 7) is 3.63. The first-order valence-corrected chi connectivity index (χ1v) is 7.65. The number of nitrogens with one attached hydrogen (secondary N) is 2. The van der Waals surface area contributed by atoms with E-state index in [1.807, 2.05) is 54.6 Å². The van der Waals surface area contributed by atoms with Crippen LogP contribution in [-0.4, -0.2) is 33.4 Å². The summed E-state index contributed by atoms with van der Waals surface area (Å²) in [5, 5.41) is 6.74. The van der Waals surface area contributed by atoms with Crippen molar-refractivity contribution < 1.29 is 9.47 Å². The summed E-state index contributed by atoms with van der Waals surface area (Å²) in [6, 6.07) is 17.8. The number of para-hydroxylation sites is 1. The van der Waals surface area contributed by atoms with Crippen LogP contribution < -0.4 is 15.4 Å². The molecular formula is C18H24N2O2. The molecule has 0 bridgehead atoms. The summed E-state index contributed by atoms with van der Waals surface area (Å²) in [5.41, 5.74) is 1.10. The molecule has 2 aromatic carbocycles. The molecule has 0 aromatic heterocycles. The number of anilines is 1. The van der Waals surface area contributed by atoms with Crippen LogP contribution in [0.25, 0.3) is 0 Å². The van der Waals surface area contributed by atoms with Gasteiger partial charge in [0.15, 0.2) is 0 Å². The second kappa shape index (κ2) is 9.82. The molecule has 2 N–H and O–H groups in total. The maximum atomic E-state index is 5.76. The molecule has 0 atom stereocenters. The Hall–Kier alpha value is -2.04. The Labute approximate surface area is 132 Å². The topological polar surface area (TPSA) is 42.5 Å². The van der Waals surface area contributed by atoms with Crippen LogP contribution in [0.5, 0.6) is 11.5 Å². The van der Waals surface area contributed by atoms with E-state index in [9.17, 15) is 0 Å². The van der Waals surface area contributed by atoms with Gasteiger partial charge in [-0.1, -0.05) is 18.2 Å². The van der Waals surface area contributed by atoms with Gasteiger partial charge < -0.3 is 20.1 Å². The highest BCUT2D eigenvalue weighted by atomic mass is 16.5. The quantitative estimate of drug-likeness (QED) is 0.659. The van der Waals surface area contributed by atoms with E-state index < -0.39 is 0 Å². The average Bonchev–Trinajstić information content (AvgIpc) is 2.56. The number of ether oxygens (including phenoxy) is 2. The third-order valence-corrected chi connectivity index (χ3v) is 3.17. The zero-order valence-electron chi connectivity index (χ0n) is 13.0. The van der Waals surface area contributed by atoms with Gasteiger partial charge in [-0.25, -0.2) is 0 Å². The van der Waals surface area contributed by atoms with Gasteiger partial charge in [-0.15, -0.1) is 0 Å². The lowest BCUT2D eigenvalue weighted by atomic mass is 10.3. The van der Waals surface area contributed by atoms with E-state index in [0.29, 0.717) is 0 Å². The van der Waals surface area contributed by atoms with E-state index in [2.05, 4.69) is 10.6 Å². The van der Waals surface area contributed by atoms with Crippen molar-refractivity contribution in [3.8, 4) is 11.5 Å². The molecule has 4 nitrogen and oxygen atoms in total. The van der Waals surface area contributed by atoms with E-state index >= 15 is 0 Å². The maximum absolute atomic E-state index is 5.76. The van der Waals surface area contributed by atoms with Gasteiger partial charge in [0.2, 0.25) is 0 Å². The lowest BCUT2D eigenvalue weighted by Gasteiger charge is -2.09. The monoisotopic (exact) mass is 300 g/mol. The number of rotatable bonds is 10. The van der Waals surface area contributed by atoms with Crippen molar-refractivity contribution in [3.05, 3.63) is 54.6 Å². The standard InChI is InChI=1S/C18H24N2O2/c1-21-15-5-12-19-13-14-20-16-8-10-18(11-9-16)22-17-6-3-2-4-7-17/h2-4,6-11,19-20H,5,12-15H2,1H3. The van der Waals surface area contributed by atoms with Gasteiger partial charge in [0.05, 0.1) is 0 Å². The Bertz CT molecular complexity index is 514. The number of methoxy groups -OCH3 is 1. The minimum Gasteiger partial charge on any atom is -0.457 e. The van der Waals surface area contributed by atoms with Crippen molar-refractivity contribution in [2.75, 3.05) is 38.7 Å². The smallest absolute Gasteiger partial charge is 0.127 e. The normalized spacial score (nSPS) is 10.4. The van der Waals surface area contributed by atoms with Gasteiger partial charge in [-0.2, -0.15) is 0 Å². The highest BCUT2D eigenvalue weighted by Crippen LogP contribution is 2.22. The molecule has 0 saturated carbocycles. The van der Waals surface area contributed by atoms with E-state index in [0.717, 1.165) is 49.8 Å². The molecule has 0 heterocycles. The number of hydrogen-bond acceptors (Lipinski definition) is 4. The average molecular weight is 300 g/mol. The van der Waals surface area contributed by atoms with Gasteiger partial charge in [0.25, 0.3) is 0 Å². The fourth-order valence-corrected chi connectivity index (χ4v) is 2.03. The van der Waals surface area contributed by atoms with E-state index in [1.54, 1.807) is 7.11 Å². The molecule has 0 unspecified atom stereocenters. The van der Waals surface area contributed by atoms with E-state index in [-0.39, 0.29) is 0 Å². The van der Waals surface area contributed by atoms with Crippen LogP contribution in [-0.2, 0) is 4.74 Å². The van der Waals surface area contributed by atoms with Gasteiger partial charge in [0, 0.05) is 32.5 Å². The van der Waals surface area contributed by atoms with Gasteiger partial charge in [0.1, 0.15) is 11.5 Å². The number of hydrogen-bond donors (Lipinski definition) is 2. The lowest BCUT2D eigenvalue weighted by molar-refractivity contribution is 0.194. The van der Waals surface area contributed by atoms with Gasteiger partial charge >= 0.3 is 0 Å². The molecule has 0 aliphatic heterocycles. The predicted molar refractivity (Wildman–Crippen MR) is 90.8 cm³/mol. The molecule has 22 heavy (non-hydrogen) atoms. The van der Waals surface area contributed by atoms with Crippen molar-refractivity contribution in [2.24, 2.45) is 0 Å². The van der Waals surface area contributed by atoms with Crippen molar-refractivity contribution in [1.82, 2.24) is 5.32 Å². The number of benzene rings is 2. The molecular weight excluding hydrogens is 276 g/mol. The Morgan fingerprint density at radius 1 is 0.818 bits per heavy atom. The van der Waals surface area contributed by atoms with Crippen LogP contribution in [0.4, 0.5) is 5.69 Å². The highest BCUT2D eigenvalue weighted by molar-refractivity contribution is 5.47. The fourth-order valence-electron chi connectivity index (χ4n) is 2.03. The zero-order valence-corrected chi connectivity index (χ0v) is 13.0. The Morgan fingerprint density at radius 3 is 2.27 bits per heavy atom. The summed E-state index contributed by atoms with van der Waals surface area (Å²) in [4.78, 5) is 0. The summed E-state index contributed by atoms with van der Waals surface area (Å²) in [5.74, 6) is 1.69. The van der Waals surface area contributed by atoms with Crippen LogP contribution >= 0.6 is 0 Å². The Balaban J connectivity index is 1.66. The molecule has 0 aliphatic carbocycles. The second-order valence-corrected chi connectivity index (χ2v) is 4.96. The molecule has 2 rings (SSSR count). The van der Waals surface area contributed by atoms with Crippen LogP contribution in [0.3, 0.4) is 0 Å². The largest absolute Gasteiger partial charge is 0.457 e. The first kappa shape index (κ1) is 16.3. The van der Waals surface area contributed by atoms with E-state index in [1.165, 1.54) is 0 Å². The third kappa shape index (κ3) is 6.16. The Kier molecular flexibility index (Phi) is 7.29. The third-order valence-electron chi connectivity index (χ3n) is 3.17. The van der Waals surface area contributed by atoms with Crippen molar-refractivity contribution in [1.29, 1.82) is 0 Å². The van der Waals surface area contributed by atoms with Gasteiger partial charge in [-0.05, 0) is 49.4 Å². The fraction of sp³-hybridized carbons (Fsp3) is 0.333. The molecule has 0 saturated heterocycles. The van der Waals surface area contributed by atoms with Crippen LogP contribution in [0, 0.1) is 0 Å². The predicted octanol–water partition coefficient (Wildman–Crippen LogP) is 3.52. The van der Waals surface area contributed by atoms with Crippen LogP contribution in [0.1, 0.15) is 6.42 Å².